The van der Waals surface area contributed by atoms with Gasteiger partial charge in [-0.3, -0.25) is 4.79 Å². The molecule has 6 heteroatoms. The molecule has 5 nitrogen and oxygen atoms in total. The Hall–Kier alpha value is -2.47. The summed E-state index contributed by atoms with van der Waals surface area (Å²) in [7, 11) is 1.43. The highest BCUT2D eigenvalue weighted by Crippen LogP contribution is 2.31. The Bertz CT molecular complexity index is 694. The van der Waals surface area contributed by atoms with Gasteiger partial charge >= 0.3 is 11.9 Å². The van der Waals surface area contributed by atoms with E-state index in [9.17, 15) is 9.59 Å². The van der Waals surface area contributed by atoms with Gasteiger partial charge in [0, 0.05) is 9.79 Å². The molecule has 0 heterocycles. The van der Waals surface area contributed by atoms with Crippen LogP contribution < -0.4 is 4.74 Å². The number of ether oxygens (including phenoxy) is 1. The number of rotatable bonds is 6. The topological polar surface area (TPSA) is 83.8 Å². The molecule has 0 aromatic heterocycles. The number of aromatic carboxylic acids is 1. The van der Waals surface area contributed by atoms with Crippen LogP contribution in [0.5, 0.6) is 5.75 Å². The molecule has 0 bridgehead atoms. The molecule has 0 saturated heterocycles. The van der Waals surface area contributed by atoms with E-state index in [-0.39, 0.29) is 12.0 Å². The quantitative estimate of drug-likeness (QED) is 0.851. The monoisotopic (exact) mass is 318 g/mol. The van der Waals surface area contributed by atoms with Gasteiger partial charge in [-0.25, -0.2) is 4.79 Å². The van der Waals surface area contributed by atoms with E-state index in [0.717, 1.165) is 15.4 Å². The summed E-state index contributed by atoms with van der Waals surface area (Å²) in [5.41, 5.74) is 0.827. The van der Waals surface area contributed by atoms with E-state index >= 15 is 0 Å². The molecule has 2 N–H and O–H groups in total. The molecule has 0 unspecified atom stereocenters. The number of hydrogen-bond donors (Lipinski definition) is 2. The molecule has 0 aliphatic heterocycles. The Balaban J connectivity index is 2.18. The summed E-state index contributed by atoms with van der Waals surface area (Å²) in [5.74, 6) is -1.61. The third kappa shape index (κ3) is 4.02. The summed E-state index contributed by atoms with van der Waals surface area (Å²) in [4.78, 5) is 23.5. The molecule has 2 rings (SSSR count). The number of benzene rings is 2. The Morgan fingerprint density at radius 1 is 1.05 bits per heavy atom. The fourth-order valence-electron chi connectivity index (χ4n) is 1.90. The Morgan fingerprint density at radius 3 is 2.23 bits per heavy atom. The van der Waals surface area contributed by atoms with Crippen LogP contribution in [0.2, 0.25) is 0 Å². The van der Waals surface area contributed by atoms with Crippen molar-refractivity contribution >= 4 is 23.7 Å². The summed E-state index contributed by atoms with van der Waals surface area (Å²) in [5, 5.41) is 17.9. The SMILES string of the molecule is COc1ccc(Sc2ccc(CC(=O)O)cc2)cc1C(=O)O. The van der Waals surface area contributed by atoms with Gasteiger partial charge in [-0.1, -0.05) is 23.9 Å². The summed E-state index contributed by atoms with van der Waals surface area (Å²) < 4.78 is 5.02. The van der Waals surface area contributed by atoms with Crippen molar-refractivity contribution in [1.82, 2.24) is 0 Å². The van der Waals surface area contributed by atoms with Gasteiger partial charge in [-0.2, -0.15) is 0 Å². The minimum atomic E-state index is -1.05. The van der Waals surface area contributed by atoms with Crippen LogP contribution in [0.3, 0.4) is 0 Å². The van der Waals surface area contributed by atoms with Crippen molar-refractivity contribution in [2.45, 2.75) is 16.2 Å². The van der Waals surface area contributed by atoms with Gasteiger partial charge < -0.3 is 14.9 Å². The van der Waals surface area contributed by atoms with E-state index in [1.54, 1.807) is 30.3 Å². The highest BCUT2D eigenvalue weighted by molar-refractivity contribution is 7.99. The smallest absolute Gasteiger partial charge is 0.339 e. The summed E-state index contributed by atoms with van der Waals surface area (Å²) in [6, 6.07) is 12.1. The molecular formula is C16H14O5S. The number of aliphatic carboxylic acids is 1. The van der Waals surface area contributed by atoms with E-state index in [4.69, 9.17) is 14.9 Å². The number of hydrogen-bond acceptors (Lipinski definition) is 4. The molecule has 0 aliphatic rings. The van der Waals surface area contributed by atoms with Gasteiger partial charge in [0.15, 0.2) is 0 Å². The van der Waals surface area contributed by atoms with Crippen LogP contribution in [0, 0.1) is 0 Å². The third-order valence-electron chi connectivity index (χ3n) is 2.92. The first kappa shape index (κ1) is 15.9. The third-order valence-corrected chi connectivity index (χ3v) is 3.91. The van der Waals surface area contributed by atoms with E-state index in [1.165, 1.54) is 18.9 Å². The molecular weight excluding hydrogens is 304 g/mol. The molecule has 0 amide bonds. The van der Waals surface area contributed by atoms with Crippen LogP contribution in [-0.4, -0.2) is 29.3 Å². The minimum Gasteiger partial charge on any atom is -0.496 e. The second kappa shape index (κ2) is 7.00. The van der Waals surface area contributed by atoms with Crippen molar-refractivity contribution in [3.63, 3.8) is 0 Å². The van der Waals surface area contributed by atoms with Crippen molar-refractivity contribution in [2.24, 2.45) is 0 Å². The minimum absolute atomic E-state index is 0.0172. The first-order valence-electron chi connectivity index (χ1n) is 6.39. The molecule has 0 atom stereocenters. The average Bonchev–Trinajstić information content (AvgIpc) is 2.48. The Kier molecular flexibility index (Phi) is 5.06. The molecule has 0 fully saturated rings. The van der Waals surface area contributed by atoms with Gasteiger partial charge in [-0.05, 0) is 35.9 Å². The number of carbonyl (C=O) groups is 2. The van der Waals surface area contributed by atoms with Crippen LogP contribution in [-0.2, 0) is 11.2 Å². The zero-order chi connectivity index (χ0) is 16.1. The highest BCUT2D eigenvalue weighted by atomic mass is 32.2. The van der Waals surface area contributed by atoms with E-state index in [1.807, 2.05) is 12.1 Å². The molecule has 22 heavy (non-hydrogen) atoms. The summed E-state index contributed by atoms with van der Waals surface area (Å²) in [6.45, 7) is 0. The van der Waals surface area contributed by atoms with Gasteiger partial charge in [0.05, 0.1) is 13.5 Å². The molecule has 114 valence electrons. The standard InChI is InChI=1S/C16H14O5S/c1-21-14-7-6-12(9-13(14)16(19)20)22-11-4-2-10(3-5-11)8-15(17)18/h2-7,9H,8H2,1H3,(H,17,18)(H,19,20). The summed E-state index contributed by atoms with van der Waals surface area (Å²) in [6.07, 6.45) is -0.0172. The maximum atomic E-state index is 11.2. The van der Waals surface area contributed by atoms with Crippen LogP contribution in [0.1, 0.15) is 15.9 Å². The molecule has 0 radical (unpaired) electrons. The van der Waals surface area contributed by atoms with E-state index < -0.39 is 11.9 Å². The van der Waals surface area contributed by atoms with Crippen molar-refractivity contribution in [3.8, 4) is 5.75 Å². The maximum absolute atomic E-state index is 11.2. The van der Waals surface area contributed by atoms with Crippen LogP contribution in [0.15, 0.2) is 52.3 Å². The second-order valence-corrected chi connectivity index (χ2v) is 5.63. The Morgan fingerprint density at radius 2 is 1.68 bits per heavy atom. The van der Waals surface area contributed by atoms with Crippen molar-refractivity contribution in [3.05, 3.63) is 53.6 Å². The maximum Gasteiger partial charge on any atom is 0.339 e. The van der Waals surface area contributed by atoms with Crippen molar-refractivity contribution < 1.29 is 24.5 Å². The largest absolute Gasteiger partial charge is 0.496 e. The zero-order valence-corrected chi connectivity index (χ0v) is 12.6. The zero-order valence-electron chi connectivity index (χ0n) is 11.8. The first-order chi connectivity index (χ1) is 10.5. The predicted octanol–water partition coefficient (Wildman–Crippen LogP) is 3.17. The van der Waals surface area contributed by atoms with Gasteiger partial charge in [-0.15, -0.1) is 0 Å². The second-order valence-electron chi connectivity index (χ2n) is 4.48. The van der Waals surface area contributed by atoms with Gasteiger partial charge in [0.1, 0.15) is 11.3 Å². The highest BCUT2D eigenvalue weighted by Gasteiger charge is 2.12. The lowest BCUT2D eigenvalue weighted by molar-refractivity contribution is -0.136. The lowest BCUT2D eigenvalue weighted by Crippen LogP contribution is -2.00. The fourth-order valence-corrected chi connectivity index (χ4v) is 2.76. The molecule has 2 aromatic carbocycles. The molecule has 0 aliphatic carbocycles. The predicted molar refractivity (Wildman–Crippen MR) is 81.9 cm³/mol. The van der Waals surface area contributed by atoms with Crippen molar-refractivity contribution in [2.75, 3.05) is 7.11 Å². The average molecular weight is 318 g/mol. The van der Waals surface area contributed by atoms with Gasteiger partial charge in [0.25, 0.3) is 0 Å². The van der Waals surface area contributed by atoms with Crippen molar-refractivity contribution in [1.29, 1.82) is 0 Å². The fraction of sp³-hybridized carbons (Fsp3) is 0.125. The lowest BCUT2D eigenvalue weighted by atomic mass is 10.2. The number of carboxylic acid groups (broad SMARTS) is 2. The van der Waals surface area contributed by atoms with E-state index in [0.29, 0.717) is 5.75 Å². The lowest BCUT2D eigenvalue weighted by Gasteiger charge is -2.08. The van der Waals surface area contributed by atoms with Crippen LogP contribution in [0.25, 0.3) is 0 Å². The normalized spacial score (nSPS) is 10.2. The molecule has 2 aromatic rings. The first-order valence-corrected chi connectivity index (χ1v) is 7.21. The molecule has 0 spiro atoms. The Labute approximate surface area is 131 Å². The van der Waals surface area contributed by atoms with E-state index in [2.05, 4.69) is 0 Å². The number of carboxylic acids is 2. The van der Waals surface area contributed by atoms with Crippen LogP contribution >= 0.6 is 11.8 Å². The summed E-state index contributed by atoms with van der Waals surface area (Å²) >= 11 is 1.40. The van der Waals surface area contributed by atoms with Crippen LogP contribution in [0.4, 0.5) is 0 Å². The van der Waals surface area contributed by atoms with Gasteiger partial charge in [0.2, 0.25) is 0 Å². The molecule has 0 saturated carbocycles. The number of methoxy groups -OCH3 is 1.